The molecule has 0 aromatic carbocycles. The molecule has 0 aliphatic heterocycles. The monoisotopic (exact) mass is 279 g/mol. The fraction of sp³-hybridized carbons (Fsp3) is 0.455. The van der Waals surface area contributed by atoms with Gasteiger partial charge in [0.15, 0.2) is 5.78 Å². The Balaban J connectivity index is 2.67. The smallest absolute Gasteiger partial charge is 0.411 e. The van der Waals surface area contributed by atoms with Crippen molar-refractivity contribution in [2.75, 3.05) is 13.2 Å². The predicted octanol–water partition coefficient (Wildman–Crippen LogP) is 1.97. The van der Waals surface area contributed by atoms with E-state index < -0.39 is 18.8 Å². The minimum absolute atomic E-state index is 0.0784. The highest BCUT2D eigenvalue weighted by Crippen LogP contribution is 2.15. The molecule has 1 aromatic rings. The summed E-state index contributed by atoms with van der Waals surface area (Å²) in [5, 5.41) is 8.89. The van der Waals surface area contributed by atoms with Gasteiger partial charge in [0.25, 0.3) is 0 Å². The Bertz CT molecular complexity index is 479. The number of carboxylic acid groups (broad SMARTS) is 1. The molecule has 106 valence electrons. The standard InChI is InChI=1S/C11H12F3NO4/c1-7(16)8-4-9(10(17)18)15(5-8)2-3-19-6-11(12,13)14/h4-5H,2-3,6H2,1H3,(H,17,18). The zero-order chi connectivity index (χ0) is 14.6. The van der Waals surface area contributed by atoms with Crippen molar-refractivity contribution in [2.45, 2.75) is 19.6 Å². The van der Waals surface area contributed by atoms with Crippen LogP contribution in [-0.2, 0) is 11.3 Å². The van der Waals surface area contributed by atoms with Gasteiger partial charge in [0.05, 0.1) is 6.61 Å². The third kappa shape index (κ3) is 4.74. The number of ether oxygens (including phenoxy) is 1. The number of ketones is 1. The van der Waals surface area contributed by atoms with Gasteiger partial charge in [0, 0.05) is 18.3 Å². The third-order valence-corrected chi connectivity index (χ3v) is 2.26. The van der Waals surface area contributed by atoms with Crippen molar-refractivity contribution in [3.63, 3.8) is 0 Å². The van der Waals surface area contributed by atoms with Gasteiger partial charge >= 0.3 is 12.1 Å². The second kappa shape index (κ2) is 5.87. The maximum Gasteiger partial charge on any atom is 0.411 e. The molecule has 1 aromatic heterocycles. The molecule has 0 spiro atoms. The summed E-state index contributed by atoms with van der Waals surface area (Å²) in [4.78, 5) is 22.0. The van der Waals surface area contributed by atoms with E-state index in [9.17, 15) is 22.8 Å². The van der Waals surface area contributed by atoms with Crippen molar-refractivity contribution in [3.8, 4) is 0 Å². The number of hydrogen-bond donors (Lipinski definition) is 1. The minimum Gasteiger partial charge on any atom is -0.477 e. The first-order chi connectivity index (χ1) is 8.70. The van der Waals surface area contributed by atoms with Crippen LogP contribution < -0.4 is 0 Å². The molecule has 0 fully saturated rings. The molecule has 0 aliphatic rings. The van der Waals surface area contributed by atoms with Crippen LogP contribution in [0, 0.1) is 0 Å². The number of hydrogen-bond acceptors (Lipinski definition) is 3. The predicted molar refractivity (Wildman–Crippen MR) is 58.3 cm³/mol. The number of aromatic carboxylic acids is 1. The largest absolute Gasteiger partial charge is 0.477 e. The lowest BCUT2D eigenvalue weighted by molar-refractivity contribution is -0.174. The maximum atomic E-state index is 11.8. The summed E-state index contributed by atoms with van der Waals surface area (Å²) < 4.78 is 41.0. The van der Waals surface area contributed by atoms with E-state index >= 15 is 0 Å². The summed E-state index contributed by atoms with van der Waals surface area (Å²) in [6, 6.07) is 1.18. The topological polar surface area (TPSA) is 68.5 Å². The van der Waals surface area contributed by atoms with E-state index in [1.807, 2.05) is 0 Å². The van der Waals surface area contributed by atoms with E-state index in [1.54, 1.807) is 0 Å². The number of carbonyl (C=O) groups excluding carboxylic acids is 1. The number of carbonyl (C=O) groups is 2. The minimum atomic E-state index is -4.42. The highest BCUT2D eigenvalue weighted by Gasteiger charge is 2.27. The van der Waals surface area contributed by atoms with E-state index in [-0.39, 0.29) is 30.2 Å². The van der Waals surface area contributed by atoms with E-state index in [4.69, 9.17) is 5.11 Å². The van der Waals surface area contributed by atoms with Crippen LogP contribution in [0.4, 0.5) is 13.2 Å². The zero-order valence-electron chi connectivity index (χ0n) is 10.0. The first-order valence-corrected chi connectivity index (χ1v) is 5.29. The average Bonchev–Trinajstić information content (AvgIpc) is 2.67. The number of rotatable bonds is 6. The SMILES string of the molecule is CC(=O)c1cc(C(=O)O)n(CCOCC(F)(F)F)c1. The quantitative estimate of drug-likeness (QED) is 0.638. The van der Waals surface area contributed by atoms with Crippen molar-refractivity contribution in [1.29, 1.82) is 0 Å². The van der Waals surface area contributed by atoms with Crippen LogP contribution in [0.5, 0.6) is 0 Å². The molecule has 1 N–H and O–H groups in total. The van der Waals surface area contributed by atoms with Gasteiger partial charge < -0.3 is 14.4 Å². The van der Waals surface area contributed by atoms with Crippen molar-refractivity contribution >= 4 is 11.8 Å². The Labute approximate surface area is 106 Å². The molecule has 0 saturated carbocycles. The number of Topliss-reactive ketones (excluding diaryl/α,β-unsaturated/α-hetero) is 1. The normalized spacial score (nSPS) is 11.6. The van der Waals surface area contributed by atoms with Crippen LogP contribution in [0.1, 0.15) is 27.8 Å². The van der Waals surface area contributed by atoms with E-state index in [0.29, 0.717) is 0 Å². The molecule has 1 heterocycles. The van der Waals surface area contributed by atoms with Crippen molar-refractivity contribution < 1.29 is 32.6 Å². The van der Waals surface area contributed by atoms with Crippen molar-refractivity contribution in [1.82, 2.24) is 4.57 Å². The van der Waals surface area contributed by atoms with Crippen LogP contribution in [0.3, 0.4) is 0 Å². The highest BCUT2D eigenvalue weighted by atomic mass is 19.4. The van der Waals surface area contributed by atoms with Crippen LogP contribution >= 0.6 is 0 Å². The number of aromatic nitrogens is 1. The molecule has 5 nitrogen and oxygen atoms in total. The molecule has 0 aliphatic carbocycles. The van der Waals surface area contributed by atoms with Crippen LogP contribution in [-0.4, -0.2) is 40.8 Å². The summed E-state index contributed by atoms with van der Waals surface area (Å²) in [6.07, 6.45) is -3.14. The molecule has 0 amide bonds. The van der Waals surface area contributed by atoms with Crippen LogP contribution in [0.25, 0.3) is 0 Å². The Morgan fingerprint density at radius 2 is 2.05 bits per heavy atom. The lowest BCUT2D eigenvalue weighted by Crippen LogP contribution is -2.19. The molecule has 0 saturated heterocycles. The third-order valence-electron chi connectivity index (χ3n) is 2.26. The molecule has 0 bridgehead atoms. The van der Waals surface area contributed by atoms with Gasteiger partial charge in [0.2, 0.25) is 0 Å². The molecule has 19 heavy (non-hydrogen) atoms. The number of carboxylic acids is 1. The maximum absolute atomic E-state index is 11.8. The van der Waals surface area contributed by atoms with E-state index in [1.165, 1.54) is 23.8 Å². The molecule has 0 radical (unpaired) electrons. The molecule has 0 unspecified atom stereocenters. The van der Waals surface area contributed by atoms with Gasteiger partial charge in [0.1, 0.15) is 12.3 Å². The first-order valence-electron chi connectivity index (χ1n) is 5.29. The summed E-state index contributed by atoms with van der Waals surface area (Å²) in [5.74, 6) is -1.58. The summed E-state index contributed by atoms with van der Waals surface area (Å²) in [6.45, 7) is -0.501. The Kier molecular flexibility index (Phi) is 4.71. The summed E-state index contributed by atoms with van der Waals surface area (Å²) >= 11 is 0. The number of nitrogens with zero attached hydrogens (tertiary/aromatic N) is 1. The Hall–Kier alpha value is -1.83. The van der Waals surface area contributed by atoms with Gasteiger partial charge in [-0.15, -0.1) is 0 Å². The molecule has 8 heteroatoms. The lowest BCUT2D eigenvalue weighted by atomic mass is 10.2. The molecule has 1 rings (SSSR count). The number of alkyl halides is 3. The van der Waals surface area contributed by atoms with Crippen LogP contribution in [0.15, 0.2) is 12.3 Å². The fourth-order valence-corrected chi connectivity index (χ4v) is 1.42. The highest BCUT2D eigenvalue weighted by molar-refractivity contribution is 5.97. The second-order valence-corrected chi connectivity index (χ2v) is 3.84. The summed E-state index contributed by atoms with van der Waals surface area (Å²) in [7, 11) is 0. The van der Waals surface area contributed by atoms with Crippen molar-refractivity contribution in [2.24, 2.45) is 0 Å². The van der Waals surface area contributed by atoms with E-state index in [0.717, 1.165) is 0 Å². The van der Waals surface area contributed by atoms with Crippen molar-refractivity contribution in [3.05, 3.63) is 23.5 Å². The second-order valence-electron chi connectivity index (χ2n) is 3.84. The van der Waals surface area contributed by atoms with Gasteiger partial charge in [-0.05, 0) is 13.0 Å². The fourth-order valence-electron chi connectivity index (χ4n) is 1.42. The molecule has 0 atom stereocenters. The van der Waals surface area contributed by atoms with Gasteiger partial charge in [-0.2, -0.15) is 13.2 Å². The first kappa shape index (κ1) is 15.2. The Morgan fingerprint density at radius 1 is 1.42 bits per heavy atom. The van der Waals surface area contributed by atoms with Gasteiger partial charge in [-0.3, -0.25) is 4.79 Å². The van der Waals surface area contributed by atoms with E-state index in [2.05, 4.69) is 4.74 Å². The van der Waals surface area contributed by atoms with Crippen LogP contribution in [0.2, 0.25) is 0 Å². The molecular formula is C11H12F3NO4. The molecular weight excluding hydrogens is 267 g/mol. The lowest BCUT2D eigenvalue weighted by Gasteiger charge is -2.09. The zero-order valence-corrected chi connectivity index (χ0v) is 10.0. The Morgan fingerprint density at radius 3 is 2.53 bits per heavy atom. The van der Waals surface area contributed by atoms with Gasteiger partial charge in [-0.1, -0.05) is 0 Å². The average molecular weight is 279 g/mol. The number of halogens is 3. The van der Waals surface area contributed by atoms with Gasteiger partial charge in [-0.25, -0.2) is 4.79 Å². The summed E-state index contributed by atoms with van der Waals surface area (Å²) in [5.41, 5.74) is 0.0223.